The third-order valence-electron chi connectivity index (χ3n) is 3.99. The first-order valence-electron chi connectivity index (χ1n) is 7.51. The number of hydrogen-bond acceptors (Lipinski definition) is 2. The summed E-state index contributed by atoms with van der Waals surface area (Å²) in [5.41, 5.74) is 8.29. The summed E-state index contributed by atoms with van der Waals surface area (Å²) in [7, 11) is 2.18. The Morgan fingerprint density at radius 1 is 1.29 bits per heavy atom. The number of rotatable bonds is 4. The number of benzene rings is 1. The zero-order valence-electron chi connectivity index (χ0n) is 13.0. The average molecular weight is 402 g/mol. The Kier molecular flexibility index (Phi) is 8.03. The lowest BCUT2D eigenvalue weighted by molar-refractivity contribution is 0.224. The van der Waals surface area contributed by atoms with Crippen LogP contribution in [0.5, 0.6) is 0 Å². The van der Waals surface area contributed by atoms with Gasteiger partial charge >= 0.3 is 0 Å². The summed E-state index contributed by atoms with van der Waals surface area (Å²) in [6.45, 7) is 5.33. The number of guanidine groups is 1. The number of hydrogen-bond donors (Lipinski definition) is 2. The maximum atomic E-state index is 5.95. The number of aliphatic imine (C=N–C) groups is 1. The zero-order chi connectivity index (χ0) is 14.4. The van der Waals surface area contributed by atoms with Crippen molar-refractivity contribution in [1.82, 2.24) is 4.90 Å². The van der Waals surface area contributed by atoms with E-state index in [1.807, 2.05) is 0 Å². The Morgan fingerprint density at radius 3 is 2.48 bits per heavy atom. The molecule has 5 heteroatoms. The Hall–Kier alpha value is -0.820. The van der Waals surface area contributed by atoms with E-state index in [1.54, 1.807) is 0 Å². The number of likely N-dealkylation sites (tertiary alicyclic amines) is 1. The highest BCUT2D eigenvalue weighted by Crippen LogP contribution is 2.16. The lowest BCUT2D eigenvalue weighted by Gasteiger charge is -2.27. The minimum absolute atomic E-state index is 0. The highest BCUT2D eigenvalue weighted by molar-refractivity contribution is 14.0. The highest BCUT2D eigenvalue weighted by Gasteiger charge is 2.15. The van der Waals surface area contributed by atoms with Gasteiger partial charge in [0.2, 0.25) is 0 Å². The lowest BCUT2D eigenvalue weighted by atomic mass is 9.97. The van der Waals surface area contributed by atoms with E-state index >= 15 is 0 Å². The van der Waals surface area contributed by atoms with E-state index in [4.69, 9.17) is 5.73 Å². The van der Waals surface area contributed by atoms with Crippen LogP contribution in [0.25, 0.3) is 0 Å². The fraction of sp³-hybridized carbons (Fsp3) is 0.562. The number of piperidine rings is 1. The summed E-state index contributed by atoms with van der Waals surface area (Å²) >= 11 is 0. The van der Waals surface area contributed by atoms with E-state index in [0.29, 0.717) is 11.9 Å². The number of nitrogens with zero attached hydrogens (tertiary/aromatic N) is 2. The first-order valence-corrected chi connectivity index (χ1v) is 7.51. The standard InChI is InChI=1S/C16H26N4.HI/c1-3-13-4-6-15(7-5-13)19-16(17)18-12-14-8-10-20(2)11-9-14;/h4-7,14H,3,8-12H2,1-2H3,(H3,17,18,19);1H. The Labute approximate surface area is 145 Å². The van der Waals surface area contributed by atoms with E-state index < -0.39 is 0 Å². The van der Waals surface area contributed by atoms with Gasteiger partial charge in [-0.15, -0.1) is 24.0 Å². The Balaban J connectivity index is 0.00000220. The monoisotopic (exact) mass is 402 g/mol. The SMILES string of the molecule is CCc1ccc(NC(N)=NCC2CCN(C)CC2)cc1.I. The largest absolute Gasteiger partial charge is 0.370 e. The molecule has 4 nitrogen and oxygen atoms in total. The van der Waals surface area contributed by atoms with E-state index in [1.165, 1.54) is 31.5 Å². The summed E-state index contributed by atoms with van der Waals surface area (Å²) in [4.78, 5) is 6.85. The third-order valence-corrected chi connectivity index (χ3v) is 3.99. The van der Waals surface area contributed by atoms with Gasteiger partial charge in [0.15, 0.2) is 5.96 Å². The van der Waals surface area contributed by atoms with Gasteiger partial charge in [-0.3, -0.25) is 4.99 Å². The Morgan fingerprint density at radius 2 is 1.90 bits per heavy atom. The van der Waals surface area contributed by atoms with Gasteiger partial charge in [-0.25, -0.2) is 0 Å². The van der Waals surface area contributed by atoms with Crippen molar-refractivity contribution >= 4 is 35.6 Å². The molecule has 1 aromatic carbocycles. The van der Waals surface area contributed by atoms with Gasteiger partial charge in [-0.05, 0) is 63.0 Å². The van der Waals surface area contributed by atoms with Gasteiger partial charge < -0.3 is 16.0 Å². The fourth-order valence-corrected chi connectivity index (χ4v) is 2.48. The number of aryl methyl sites for hydroxylation is 1. The normalized spacial score (nSPS) is 17.3. The van der Waals surface area contributed by atoms with Crippen LogP contribution < -0.4 is 11.1 Å². The van der Waals surface area contributed by atoms with Crippen molar-refractivity contribution in [2.75, 3.05) is 32.0 Å². The summed E-state index contributed by atoms with van der Waals surface area (Å²) in [6, 6.07) is 8.34. The van der Waals surface area contributed by atoms with E-state index in [9.17, 15) is 0 Å². The minimum atomic E-state index is 0. The van der Waals surface area contributed by atoms with E-state index in [-0.39, 0.29) is 24.0 Å². The van der Waals surface area contributed by atoms with Gasteiger partial charge in [0.05, 0.1) is 0 Å². The third kappa shape index (κ3) is 6.22. The molecule has 0 radical (unpaired) electrons. The van der Waals surface area contributed by atoms with Crippen LogP contribution in [0.4, 0.5) is 5.69 Å². The van der Waals surface area contributed by atoms with Crippen LogP contribution in [0.15, 0.2) is 29.3 Å². The number of halogens is 1. The smallest absolute Gasteiger partial charge is 0.193 e. The molecule has 0 saturated carbocycles. The molecule has 0 aromatic heterocycles. The van der Waals surface area contributed by atoms with Gasteiger partial charge in [-0.2, -0.15) is 0 Å². The molecule has 0 unspecified atom stereocenters. The molecule has 2 rings (SSSR count). The number of nitrogens with two attached hydrogens (primary N) is 1. The van der Waals surface area contributed by atoms with Gasteiger partial charge in [0.1, 0.15) is 0 Å². The average Bonchev–Trinajstić information content (AvgIpc) is 2.47. The predicted octanol–water partition coefficient (Wildman–Crippen LogP) is 2.94. The van der Waals surface area contributed by atoms with Crippen molar-refractivity contribution in [3.05, 3.63) is 29.8 Å². The molecule has 0 bridgehead atoms. The molecule has 118 valence electrons. The molecule has 3 N–H and O–H groups in total. The predicted molar refractivity (Wildman–Crippen MR) is 102 cm³/mol. The van der Waals surface area contributed by atoms with Crippen LogP contribution in [-0.2, 0) is 6.42 Å². The summed E-state index contributed by atoms with van der Waals surface area (Å²) in [6.07, 6.45) is 3.50. The maximum absolute atomic E-state index is 5.95. The summed E-state index contributed by atoms with van der Waals surface area (Å²) < 4.78 is 0. The van der Waals surface area contributed by atoms with Crippen LogP contribution in [0, 0.1) is 5.92 Å². The molecule has 1 heterocycles. The first kappa shape index (κ1) is 18.2. The molecule has 1 aliphatic heterocycles. The first-order chi connectivity index (χ1) is 9.67. The Bertz CT molecular complexity index is 436. The highest BCUT2D eigenvalue weighted by atomic mass is 127. The summed E-state index contributed by atoms with van der Waals surface area (Å²) in [5.74, 6) is 1.20. The maximum Gasteiger partial charge on any atom is 0.193 e. The molecule has 1 saturated heterocycles. The van der Waals surface area contributed by atoms with Crippen LogP contribution >= 0.6 is 24.0 Å². The molecule has 1 aliphatic rings. The van der Waals surface area contributed by atoms with E-state index in [2.05, 4.69) is 53.4 Å². The van der Waals surface area contributed by atoms with Gasteiger partial charge in [0.25, 0.3) is 0 Å². The summed E-state index contributed by atoms with van der Waals surface area (Å²) in [5, 5.41) is 3.16. The van der Waals surface area contributed by atoms with Crippen molar-refractivity contribution in [3.63, 3.8) is 0 Å². The van der Waals surface area contributed by atoms with E-state index in [0.717, 1.165) is 18.7 Å². The second-order valence-corrected chi connectivity index (χ2v) is 5.65. The van der Waals surface area contributed by atoms with Crippen molar-refractivity contribution in [2.45, 2.75) is 26.2 Å². The molecule has 0 spiro atoms. The molecule has 1 aromatic rings. The molecular formula is C16H27IN4. The molecular weight excluding hydrogens is 375 g/mol. The van der Waals surface area contributed by atoms with Crippen LogP contribution in [0.2, 0.25) is 0 Å². The number of nitrogens with one attached hydrogen (secondary N) is 1. The molecule has 0 atom stereocenters. The number of anilines is 1. The molecule has 0 amide bonds. The van der Waals surface area contributed by atoms with Gasteiger partial charge in [0, 0.05) is 12.2 Å². The topological polar surface area (TPSA) is 53.6 Å². The van der Waals surface area contributed by atoms with Crippen LogP contribution in [-0.4, -0.2) is 37.5 Å². The minimum Gasteiger partial charge on any atom is -0.370 e. The second kappa shape index (κ2) is 9.25. The van der Waals surface area contributed by atoms with Gasteiger partial charge in [-0.1, -0.05) is 19.1 Å². The lowest BCUT2D eigenvalue weighted by Crippen LogP contribution is -2.32. The fourth-order valence-electron chi connectivity index (χ4n) is 2.48. The van der Waals surface area contributed by atoms with Crippen LogP contribution in [0.1, 0.15) is 25.3 Å². The molecule has 1 fully saturated rings. The molecule has 0 aliphatic carbocycles. The van der Waals surface area contributed by atoms with Crippen molar-refractivity contribution in [1.29, 1.82) is 0 Å². The van der Waals surface area contributed by atoms with Crippen molar-refractivity contribution in [2.24, 2.45) is 16.6 Å². The second-order valence-electron chi connectivity index (χ2n) is 5.65. The zero-order valence-corrected chi connectivity index (χ0v) is 15.3. The molecule has 21 heavy (non-hydrogen) atoms. The quantitative estimate of drug-likeness (QED) is 0.463. The van der Waals surface area contributed by atoms with Crippen LogP contribution in [0.3, 0.4) is 0 Å². The van der Waals surface area contributed by atoms with Crippen molar-refractivity contribution in [3.8, 4) is 0 Å². The van der Waals surface area contributed by atoms with Crippen molar-refractivity contribution < 1.29 is 0 Å².